The summed E-state index contributed by atoms with van der Waals surface area (Å²) in [7, 11) is 0. The highest BCUT2D eigenvalue weighted by Gasteiger charge is 1.89. The third-order valence-corrected chi connectivity index (χ3v) is 1.52. The highest BCUT2D eigenvalue weighted by Crippen LogP contribution is 2.09. The molecule has 10 heavy (non-hydrogen) atoms. The van der Waals surface area contributed by atoms with E-state index in [0.29, 0.717) is 0 Å². The van der Waals surface area contributed by atoms with Crippen molar-refractivity contribution in [3.63, 3.8) is 0 Å². The Labute approximate surface area is 64.6 Å². The molecule has 57 valence electrons. The summed E-state index contributed by atoms with van der Waals surface area (Å²) in [4.78, 5) is 0. The predicted molar refractivity (Wildman–Crippen MR) is 47.8 cm³/mol. The molecule has 0 saturated carbocycles. The SMILES string of the molecule is [CH2]/C=C(\C)CCCC(=C)C. The van der Waals surface area contributed by atoms with Crippen molar-refractivity contribution in [1.82, 2.24) is 0 Å². The van der Waals surface area contributed by atoms with E-state index in [9.17, 15) is 0 Å². The lowest BCUT2D eigenvalue weighted by atomic mass is 10.1. The molecule has 0 nitrogen and oxygen atoms in total. The first-order valence-corrected chi connectivity index (χ1v) is 3.76. The molecule has 1 radical (unpaired) electrons. The maximum Gasteiger partial charge on any atom is -0.0313 e. The van der Waals surface area contributed by atoms with Crippen LogP contribution in [-0.2, 0) is 0 Å². The van der Waals surface area contributed by atoms with Crippen LogP contribution in [0.25, 0.3) is 0 Å². The van der Waals surface area contributed by atoms with E-state index in [2.05, 4.69) is 27.4 Å². The molecule has 0 unspecified atom stereocenters. The maximum absolute atomic E-state index is 3.84. The van der Waals surface area contributed by atoms with E-state index in [1.54, 1.807) is 0 Å². The van der Waals surface area contributed by atoms with Crippen LogP contribution in [0.1, 0.15) is 33.1 Å². The van der Waals surface area contributed by atoms with Crippen LogP contribution in [0, 0.1) is 6.92 Å². The smallest absolute Gasteiger partial charge is 0.0313 e. The monoisotopic (exact) mass is 137 g/mol. The number of allylic oxidation sites excluding steroid dienone is 3. The Morgan fingerprint density at radius 2 is 1.90 bits per heavy atom. The quantitative estimate of drug-likeness (QED) is 0.520. The molecule has 0 heterocycles. The van der Waals surface area contributed by atoms with Gasteiger partial charge >= 0.3 is 0 Å². The van der Waals surface area contributed by atoms with Crippen molar-refractivity contribution >= 4 is 0 Å². The summed E-state index contributed by atoms with van der Waals surface area (Å²) >= 11 is 0. The third-order valence-electron chi connectivity index (χ3n) is 1.52. The van der Waals surface area contributed by atoms with Gasteiger partial charge in [-0.15, -0.1) is 6.58 Å². The van der Waals surface area contributed by atoms with Crippen molar-refractivity contribution in [3.05, 3.63) is 30.7 Å². The zero-order valence-corrected chi connectivity index (χ0v) is 7.11. The minimum absolute atomic E-state index is 1.14. The van der Waals surface area contributed by atoms with Crippen LogP contribution in [0.2, 0.25) is 0 Å². The molecule has 0 aliphatic carbocycles. The average Bonchev–Trinajstić information content (AvgIpc) is 1.87. The molecule has 0 aliphatic heterocycles. The van der Waals surface area contributed by atoms with Crippen molar-refractivity contribution in [2.75, 3.05) is 0 Å². The van der Waals surface area contributed by atoms with E-state index in [-0.39, 0.29) is 0 Å². The molecule has 0 aromatic rings. The Kier molecular flexibility index (Phi) is 5.00. The lowest BCUT2D eigenvalue weighted by Gasteiger charge is -1.99. The van der Waals surface area contributed by atoms with E-state index in [1.807, 2.05) is 6.08 Å². The molecule has 0 saturated heterocycles. The molecule has 0 aromatic carbocycles. The average molecular weight is 137 g/mol. The minimum atomic E-state index is 1.14. The molecule has 0 atom stereocenters. The van der Waals surface area contributed by atoms with E-state index in [4.69, 9.17) is 0 Å². The van der Waals surface area contributed by atoms with Gasteiger partial charge in [0.05, 0.1) is 0 Å². The molecular weight excluding hydrogens is 120 g/mol. The summed E-state index contributed by atoms with van der Waals surface area (Å²) in [5.74, 6) is 0. The van der Waals surface area contributed by atoms with Crippen molar-refractivity contribution in [1.29, 1.82) is 0 Å². The lowest BCUT2D eigenvalue weighted by molar-refractivity contribution is 0.805. The van der Waals surface area contributed by atoms with E-state index >= 15 is 0 Å². The van der Waals surface area contributed by atoms with Crippen LogP contribution in [0.5, 0.6) is 0 Å². The summed E-state index contributed by atoms with van der Waals surface area (Å²) in [6.07, 6.45) is 5.45. The largest absolute Gasteiger partial charge is 0.100 e. The van der Waals surface area contributed by atoms with Gasteiger partial charge in [-0.2, -0.15) is 0 Å². The zero-order chi connectivity index (χ0) is 7.98. The van der Waals surface area contributed by atoms with Crippen molar-refractivity contribution in [2.24, 2.45) is 0 Å². The summed E-state index contributed by atoms with van der Waals surface area (Å²) < 4.78 is 0. The molecule has 0 fully saturated rings. The van der Waals surface area contributed by atoms with Gasteiger partial charge in [0.1, 0.15) is 0 Å². The Hall–Kier alpha value is -0.520. The van der Waals surface area contributed by atoms with Crippen molar-refractivity contribution < 1.29 is 0 Å². The molecule has 0 N–H and O–H groups in total. The Bertz CT molecular complexity index is 129. The summed E-state index contributed by atoms with van der Waals surface area (Å²) in [5.41, 5.74) is 2.65. The zero-order valence-electron chi connectivity index (χ0n) is 7.11. The first kappa shape index (κ1) is 9.48. The first-order valence-electron chi connectivity index (χ1n) is 3.76. The van der Waals surface area contributed by atoms with Gasteiger partial charge in [-0.1, -0.05) is 17.2 Å². The summed E-state index contributed by atoms with van der Waals surface area (Å²) in [6.45, 7) is 11.7. The van der Waals surface area contributed by atoms with Crippen molar-refractivity contribution in [3.8, 4) is 0 Å². The van der Waals surface area contributed by atoms with Crippen LogP contribution in [0.4, 0.5) is 0 Å². The summed E-state index contributed by atoms with van der Waals surface area (Å²) in [6, 6.07) is 0. The topological polar surface area (TPSA) is 0 Å². The maximum atomic E-state index is 3.84. The van der Waals surface area contributed by atoms with Crippen LogP contribution in [0.15, 0.2) is 23.8 Å². The van der Waals surface area contributed by atoms with E-state index in [1.165, 1.54) is 17.6 Å². The van der Waals surface area contributed by atoms with Crippen LogP contribution < -0.4 is 0 Å². The fourth-order valence-corrected chi connectivity index (χ4v) is 0.771. The van der Waals surface area contributed by atoms with Crippen LogP contribution in [-0.4, -0.2) is 0 Å². The Morgan fingerprint density at radius 3 is 2.30 bits per heavy atom. The van der Waals surface area contributed by atoms with Gasteiger partial charge in [-0.3, -0.25) is 0 Å². The Morgan fingerprint density at radius 1 is 1.30 bits per heavy atom. The van der Waals surface area contributed by atoms with Gasteiger partial charge in [0.25, 0.3) is 0 Å². The van der Waals surface area contributed by atoms with Gasteiger partial charge < -0.3 is 0 Å². The normalized spacial score (nSPS) is 11.7. The number of rotatable bonds is 4. The molecule has 0 bridgehead atoms. The van der Waals surface area contributed by atoms with Crippen LogP contribution >= 0.6 is 0 Å². The molecule has 0 aromatic heterocycles. The van der Waals surface area contributed by atoms with Gasteiger partial charge in [-0.25, -0.2) is 0 Å². The van der Waals surface area contributed by atoms with Gasteiger partial charge in [0.2, 0.25) is 0 Å². The highest BCUT2D eigenvalue weighted by molar-refractivity contribution is 5.00. The van der Waals surface area contributed by atoms with Gasteiger partial charge in [0.15, 0.2) is 0 Å². The Balaban J connectivity index is 3.29. The van der Waals surface area contributed by atoms with E-state index in [0.717, 1.165) is 12.8 Å². The summed E-state index contributed by atoms with van der Waals surface area (Å²) in [5, 5.41) is 0. The molecule has 0 heteroatoms. The highest BCUT2D eigenvalue weighted by atomic mass is 14.0. The van der Waals surface area contributed by atoms with Gasteiger partial charge in [0, 0.05) is 0 Å². The predicted octanol–water partition coefficient (Wildman–Crippen LogP) is 3.51. The number of hydrogen-bond acceptors (Lipinski definition) is 0. The fraction of sp³-hybridized carbons (Fsp3) is 0.500. The second kappa shape index (κ2) is 5.28. The lowest BCUT2D eigenvalue weighted by Crippen LogP contribution is -1.79. The first-order chi connectivity index (χ1) is 4.66. The van der Waals surface area contributed by atoms with Crippen molar-refractivity contribution in [2.45, 2.75) is 33.1 Å². The van der Waals surface area contributed by atoms with Gasteiger partial charge in [-0.05, 0) is 40.0 Å². The molecular formula is C10H17. The standard InChI is InChI=1S/C10H17/c1-5-10(4)8-6-7-9(2)3/h5H,1-2,6-8H2,3-4H3/b10-5+. The second-order valence-corrected chi connectivity index (χ2v) is 2.86. The molecule has 0 spiro atoms. The number of hydrogen-bond donors (Lipinski definition) is 0. The molecule has 0 amide bonds. The van der Waals surface area contributed by atoms with Crippen LogP contribution in [0.3, 0.4) is 0 Å². The fourth-order valence-electron chi connectivity index (χ4n) is 0.771. The molecule has 0 aliphatic rings. The minimum Gasteiger partial charge on any atom is -0.100 e. The molecule has 0 rings (SSSR count). The second-order valence-electron chi connectivity index (χ2n) is 2.86. The van der Waals surface area contributed by atoms with E-state index < -0.39 is 0 Å². The third kappa shape index (κ3) is 5.61.